The van der Waals surface area contributed by atoms with Gasteiger partial charge in [-0.2, -0.15) is 0 Å². The summed E-state index contributed by atoms with van der Waals surface area (Å²) in [5, 5.41) is 0.109. The van der Waals surface area contributed by atoms with E-state index in [0.29, 0.717) is 0 Å². The van der Waals surface area contributed by atoms with Crippen LogP contribution in [0.3, 0.4) is 0 Å². The second-order valence-electron chi connectivity index (χ2n) is 4.00. The highest BCUT2D eigenvalue weighted by Crippen LogP contribution is 2.27. The highest BCUT2D eigenvalue weighted by Gasteiger charge is 2.21. The van der Waals surface area contributed by atoms with Gasteiger partial charge in [-0.1, -0.05) is 29.8 Å². The van der Waals surface area contributed by atoms with Gasteiger partial charge in [-0.25, -0.2) is 12.8 Å². The first kappa shape index (κ1) is 13.8. The third kappa shape index (κ3) is 2.88. The minimum atomic E-state index is -3.74. The number of halogens is 2. The summed E-state index contributed by atoms with van der Waals surface area (Å²) in [6.07, 6.45) is 0. The fourth-order valence-corrected chi connectivity index (χ4v) is 3.67. The summed E-state index contributed by atoms with van der Waals surface area (Å²) >= 11 is 5.85. The van der Waals surface area contributed by atoms with E-state index in [-0.39, 0.29) is 21.2 Å². The predicted octanol–water partition coefficient (Wildman–Crippen LogP) is 3.04. The Bertz CT molecular complexity index is 696. The van der Waals surface area contributed by atoms with Gasteiger partial charge in [0, 0.05) is 11.3 Å². The minimum absolute atomic E-state index is 0.0284. The number of anilines is 1. The van der Waals surface area contributed by atoms with Crippen molar-refractivity contribution in [3.8, 4) is 0 Å². The fourth-order valence-electron chi connectivity index (χ4n) is 1.69. The largest absolute Gasteiger partial charge is 0.398 e. The van der Waals surface area contributed by atoms with Crippen LogP contribution in [0.2, 0.25) is 5.02 Å². The van der Waals surface area contributed by atoms with Crippen molar-refractivity contribution < 1.29 is 12.8 Å². The molecule has 0 aliphatic carbocycles. The van der Waals surface area contributed by atoms with E-state index in [1.54, 1.807) is 12.1 Å². The molecule has 19 heavy (non-hydrogen) atoms. The maximum absolute atomic E-state index is 13.6. The predicted molar refractivity (Wildman–Crippen MR) is 73.2 cm³/mol. The van der Waals surface area contributed by atoms with E-state index < -0.39 is 21.4 Å². The molecule has 6 heteroatoms. The van der Waals surface area contributed by atoms with Gasteiger partial charge in [-0.3, -0.25) is 0 Å². The monoisotopic (exact) mass is 299 g/mol. The van der Waals surface area contributed by atoms with Gasteiger partial charge < -0.3 is 5.73 Å². The van der Waals surface area contributed by atoms with Gasteiger partial charge in [0.05, 0.1) is 15.7 Å². The number of hydrogen-bond acceptors (Lipinski definition) is 3. The standard InChI is InChI=1S/C13H11ClFNO2S/c14-10-4-1-2-7-13(10)19(17,18)8-9-11(15)5-3-6-12(9)16/h1-7H,8,16H2. The van der Waals surface area contributed by atoms with Crippen molar-refractivity contribution in [2.45, 2.75) is 10.6 Å². The minimum Gasteiger partial charge on any atom is -0.398 e. The lowest BCUT2D eigenvalue weighted by Crippen LogP contribution is -2.09. The number of hydrogen-bond donors (Lipinski definition) is 1. The van der Waals surface area contributed by atoms with E-state index >= 15 is 0 Å². The van der Waals surface area contributed by atoms with Gasteiger partial charge in [-0.15, -0.1) is 0 Å². The van der Waals surface area contributed by atoms with Crippen molar-refractivity contribution in [2.24, 2.45) is 0 Å². The molecule has 0 spiro atoms. The molecule has 0 aliphatic heterocycles. The summed E-state index contributed by atoms with van der Waals surface area (Å²) in [5.41, 5.74) is 5.67. The molecule has 0 heterocycles. The molecule has 0 saturated carbocycles. The highest BCUT2D eigenvalue weighted by molar-refractivity contribution is 7.90. The van der Waals surface area contributed by atoms with E-state index in [1.807, 2.05) is 0 Å². The van der Waals surface area contributed by atoms with Crippen LogP contribution in [0.1, 0.15) is 5.56 Å². The second kappa shape index (κ2) is 5.19. The molecule has 0 unspecified atom stereocenters. The van der Waals surface area contributed by atoms with Gasteiger partial charge in [0.25, 0.3) is 0 Å². The average Bonchev–Trinajstić information content (AvgIpc) is 2.34. The summed E-state index contributed by atoms with van der Waals surface area (Å²) in [7, 11) is -3.74. The fraction of sp³-hybridized carbons (Fsp3) is 0.0769. The smallest absolute Gasteiger partial charge is 0.184 e. The maximum atomic E-state index is 13.6. The molecule has 2 aromatic rings. The topological polar surface area (TPSA) is 60.2 Å². The van der Waals surface area contributed by atoms with Crippen LogP contribution in [-0.2, 0) is 15.6 Å². The Morgan fingerprint density at radius 3 is 2.42 bits per heavy atom. The first-order valence-electron chi connectivity index (χ1n) is 5.42. The number of sulfone groups is 1. The van der Waals surface area contributed by atoms with Gasteiger partial charge in [0.1, 0.15) is 5.82 Å². The number of nitrogen functional groups attached to an aromatic ring is 1. The van der Waals surface area contributed by atoms with Gasteiger partial charge in [0.2, 0.25) is 0 Å². The van der Waals surface area contributed by atoms with E-state index in [1.165, 1.54) is 30.3 Å². The maximum Gasteiger partial charge on any atom is 0.184 e. The number of benzene rings is 2. The Morgan fingerprint density at radius 1 is 1.11 bits per heavy atom. The summed E-state index contributed by atoms with van der Waals surface area (Å²) in [6.45, 7) is 0. The van der Waals surface area contributed by atoms with Crippen LogP contribution < -0.4 is 5.73 Å². The van der Waals surface area contributed by atoms with Crippen LogP contribution in [0.5, 0.6) is 0 Å². The van der Waals surface area contributed by atoms with Crippen LogP contribution in [0.4, 0.5) is 10.1 Å². The molecule has 3 nitrogen and oxygen atoms in total. The van der Waals surface area contributed by atoms with Gasteiger partial charge >= 0.3 is 0 Å². The van der Waals surface area contributed by atoms with Crippen molar-refractivity contribution in [1.82, 2.24) is 0 Å². The van der Waals surface area contributed by atoms with Crippen LogP contribution in [-0.4, -0.2) is 8.42 Å². The Balaban J connectivity index is 2.46. The average molecular weight is 300 g/mol. The Labute approximate surface area is 115 Å². The lowest BCUT2D eigenvalue weighted by molar-refractivity contribution is 0.587. The van der Waals surface area contributed by atoms with Crippen molar-refractivity contribution in [2.75, 3.05) is 5.73 Å². The van der Waals surface area contributed by atoms with Crippen LogP contribution >= 0.6 is 11.6 Å². The Morgan fingerprint density at radius 2 is 1.79 bits per heavy atom. The molecule has 0 saturated heterocycles. The molecular weight excluding hydrogens is 289 g/mol. The molecule has 0 bridgehead atoms. The van der Waals surface area contributed by atoms with Gasteiger partial charge in [0.15, 0.2) is 9.84 Å². The molecule has 2 rings (SSSR count). The van der Waals surface area contributed by atoms with Crippen LogP contribution in [0.25, 0.3) is 0 Å². The lowest BCUT2D eigenvalue weighted by Gasteiger charge is -2.09. The molecule has 2 aromatic carbocycles. The molecule has 0 fully saturated rings. The summed E-state index contributed by atoms with van der Waals surface area (Å²) in [6, 6.07) is 10.1. The zero-order chi connectivity index (χ0) is 14.0. The molecule has 2 N–H and O–H groups in total. The third-order valence-corrected chi connectivity index (χ3v) is 4.80. The Kier molecular flexibility index (Phi) is 3.78. The summed E-state index contributed by atoms with van der Waals surface area (Å²) in [4.78, 5) is -0.0284. The van der Waals surface area contributed by atoms with E-state index in [2.05, 4.69) is 0 Å². The van der Waals surface area contributed by atoms with Gasteiger partial charge in [-0.05, 0) is 24.3 Å². The zero-order valence-corrected chi connectivity index (χ0v) is 11.4. The summed E-state index contributed by atoms with van der Waals surface area (Å²) < 4.78 is 38.1. The molecule has 0 amide bonds. The molecule has 0 aromatic heterocycles. The quantitative estimate of drug-likeness (QED) is 0.886. The normalized spacial score (nSPS) is 11.5. The molecular formula is C13H11ClFNO2S. The summed E-state index contributed by atoms with van der Waals surface area (Å²) in [5.74, 6) is -1.16. The third-order valence-electron chi connectivity index (χ3n) is 2.66. The van der Waals surface area contributed by atoms with Crippen molar-refractivity contribution in [3.05, 3.63) is 58.9 Å². The first-order valence-corrected chi connectivity index (χ1v) is 7.45. The SMILES string of the molecule is Nc1cccc(F)c1CS(=O)(=O)c1ccccc1Cl. The molecule has 0 aliphatic rings. The number of rotatable bonds is 3. The molecule has 0 atom stereocenters. The van der Waals surface area contributed by atoms with E-state index in [0.717, 1.165) is 0 Å². The van der Waals surface area contributed by atoms with Crippen molar-refractivity contribution in [3.63, 3.8) is 0 Å². The van der Waals surface area contributed by atoms with E-state index in [4.69, 9.17) is 17.3 Å². The lowest BCUT2D eigenvalue weighted by atomic mass is 10.2. The highest BCUT2D eigenvalue weighted by atomic mass is 35.5. The Hall–Kier alpha value is -1.59. The molecule has 100 valence electrons. The van der Waals surface area contributed by atoms with E-state index in [9.17, 15) is 12.8 Å². The van der Waals surface area contributed by atoms with Crippen molar-refractivity contribution >= 4 is 27.1 Å². The van der Waals surface area contributed by atoms with Crippen LogP contribution in [0, 0.1) is 5.82 Å². The van der Waals surface area contributed by atoms with Crippen LogP contribution in [0.15, 0.2) is 47.4 Å². The number of nitrogens with two attached hydrogens (primary N) is 1. The second-order valence-corrected chi connectivity index (χ2v) is 6.36. The molecule has 0 radical (unpaired) electrons. The zero-order valence-electron chi connectivity index (χ0n) is 9.81. The first-order chi connectivity index (χ1) is 8.92. The van der Waals surface area contributed by atoms with Crippen molar-refractivity contribution in [1.29, 1.82) is 0 Å².